The third-order valence-corrected chi connectivity index (χ3v) is 5.73. The van der Waals surface area contributed by atoms with E-state index in [0.29, 0.717) is 24.6 Å². The summed E-state index contributed by atoms with van der Waals surface area (Å²) in [5, 5.41) is 6.58. The van der Waals surface area contributed by atoms with Crippen LogP contribution in [0, 0.1) is 6.92 Å². The summed E-state index contributed by atoms with van der Waals surface area (Å²) in [7, 11) is -3.21. The lowest BCUT2D eigenvalue weighted by molar-refractivity contribution is 0.0657. The minimum Gasteiger partial charge on any atom is -0.374 e. The minimum absolute atomic E-state index is 0.219. The number of benzene rings is 2. The molecule has 2 N–H and O–H groups in total. The topological polar surface area (TPSA) is 79.8 Å². The lowest BCUT2D eigenvalue weighted by atomic mass is 10.1. The predicted octanol–water partition coefficient (Wildman–Crippen LogP) is 3.58. The number of aryl methyl sites for hydroxylation is 1. The van der Waals surface area contributed by atoms with E-state index in [9.17, 15) is 8.42 Å². The van der Waals surface area contributed by atoms with E-state index in [2.05, 4.69) is 39.9 Å². The number of nitrogens with zero attached hydrogens (tertiary/aromatic N) is 1. The number of guanidine groups is 1. The van der Waals surface area contributed by atoms with Gasteiger partial charge in [0.2, 0.25) is 0 Å². The summed E-state index contributed by atoms with van der Waals surface area (Å²) in [6, 6.07) is 13.7. The Morgan fingerprint density at radius 2 is 1.67 bits per heavy atom. The molecule has 0 radical (unpaired) electrons. The Labute approximate surface area is 180 Å². The Bertz CT molecular complexity index is 952. The van der Waals surface area contributed by atoms with Gasteiger partial charge in [-0.05, 0) is 56.0 Å². The highest BCUT2D eigenvalue weighted by Gasteiger charge is 2.10. The molecule has 0 aliphatic rings. The monoisotopic (exact) mass is 431 g/mol. The van der Waals surface area contributed by atoms with Crippen LogP contribution >= 0.6 is 0 Å². The first-order chi connectivity index (χ1) is 14.2. The molecular formula is C23H33N3O3S. The normalized spacial score (nSPS) is 12.3. The van der Waals surface area contributed by atoms with Crippen molar-refractivity contribution < 1.29 is 13.2 Å². The predicted molar refractivity (Wildman–Crippen MR) is 122 cm³/mol. The largest absolute Gasteiger partial charge is 0.374 e. The molecule has 2 aromatic carbocycles. The van der Waals surface area contributed by atoms with Crippen LogP contribution < -0.4 is 10.6 Å². The van der Waals surface area contributed by atoms with Gasteiger partial charge >= 0.3 is 0 Å². The van der Waals surface area contributed by atoms with Gasteiger partial charge in [-0.1, -0.05) is 36.4 Å². The average molecular weight is 432 g/mol. The summed E-state index contributed by atoms with van der Waals surface area (Å²) in [6.07, 6.45) is 1.45. The van der Waals surface area contributed by atoms with Crippen molar-refractivity contribution in [2.75, 3.05) is 12.8 Å². The maximum Gasteiger partial charge on any atom is 0.191 e. The minimum atomic E-state index is -3.21. The van der Waals surface area contributed by atoms with Gasteiger partial charge in [0.05, 0.1) is 24.2 Å². The van der Waals surface area contributed by atoms with Gasteiger partial charge in [0.15, 0.2) is 15.8 Å². The standard InChI is InChI=1S/C23H33N3O3S/c1-6-24-23(25-14-19-7-9-20(10-8-19)16-29-17(2)3)26-15-21-11-12-22(18(4)13-21)30(5,27)28/h7-13,17H,6,14-16H2,1-5H3,(H2,24,25,26). The Hall–Kier alpha value is -2.38. The molecule has 0 fully saturated rings. The first kappa shape index (κ1) is 23.9. The molecule has 0 spiro atoms. The zero-order valence-corrected chi connectivity index (χ0v) is 19.3. The number of hydrogen-bond acceptors (Lipinski definition) is 4. The summed E-state index contributed by atoms with van der Waals surface area (Å²) in [4.78, 5) is 4.99. The van der Waals surface area contributed by atoms with Crippen LogP contribution in [0.15, 0.2) is 52.4 Å². The molecule has 0 heterocycles. The number of sulfone groups is 1. The molecule has 0 unspecified atom stereocenters. The molecule has 0 bridgehead atoms. The van der Waals surface area contributed by atoms with Crippen LogP contribution in [0.3, 0.4) is 0 Å². The van der Waals surface area contributed by atoms with Gasteiger partial charge in [-0.3, -0.25) is 0 Å². The van der Waals surface area contributed by atoms with Gasteiger partial charge in [-0.15, -0.1) is 0 Å². The Kier molecular flexibility index (Phi) is 8.87. The van der Waals surface area contributed by atoms with E-state index in [1.807, 2.05) is 39.8 Å². The molecule has 2 aromatic rings. The lowest BCUT2D eigenvalue weighted by Crippen LogP contribution is -2.36. The van der Waals surface area contributed by atoms with Crippen molar-refractivity contribution in [1.29, 1.82) is 0 Å². The molecule has 164 valence electrons. The fourth-order valence-electron chi connectivity index (χ4n) is 2.94. The van der Waals surface area contributed by atoms with Crippen molar-refractivity contribution >= 4 is 15.8 Å². The van der Waals surface area contributed by atoms with E-state index in [4.69, 9.17) is 4.74 Å². The molecule has 0 aliphatic carbocycles. The Morgan fingerprint density at radius 3 is 2.23 bits per heavy atom. The third kappa shape index (κ3) is 7.80. The van der Waals surface area contributed by atoms with Crippen LogP contribution in [0.5, 0.6) is 0 Å². The van der Waals surface area contributed by atoms with E-state index >= 15 is 0 Å². The van der Waals surface area contributed by atoms with Gasteiger partial charge < -0.3 is 15.4 Å². The highest BCUT2D eigenvalue weighted by molar-refractivity contribution is 7.90. The summed E-state index contributed by atoms with van der Waals surface area (Å²) < 4.78 is 29.2. The van der Waals surface area contributed by atoms with E-state index in [0.717, 1.165) is 34.8 Å². The highest BCUT2D eigenvalue weighted by atomic mass is 32.2. The van der Waals surface area contributed by atoms with Crippen LogP contribution in [0.2, 0.25) is 0 Å². The van der Waals surface area contributed by atoms with E-state index in [-0.39, 0.29) is 6.10 Å². The smallest absolute Gasteiger partial charge is 0.191 e. The van der Waals surface area contributed by atoms with Crippen LogP contribution in [-0.2, 0) is 34.3 Å². The second-order valence-corrected chi connectivity index (χ2v) is 9.58. The van der Waals surface area contributed by atoms with Crippen LogP contribution in [-0.4, -0.2) is 33.3 Å². The van der Waals surface area contributed by atoms with Crippen LogP contribution in [0.4, 0.5) is 0 Å². The average Bonchev–Trinajstić information content (AvgIpc) is 2.68. The summed E-state index contributed by atoms with van der Waals surface area (Å²) in [5.74, 6) is 0.717. The van der Waals surface area contributed by atoms with E-state index in [1.165, 1.54) is 6.26 Å². The molecule has 2 rings (SSSR count). The number of rotatable bonds is 9. The summed E-state index contributed by atoms with van der Waals surface area (Å²) in [5.41, 5.74) is 4.01. The van der Waals surface area contributed by atoms with Crippen molar-refractivity contribution in [2.45, 2.75) is 58.4 Å². The molecule has 0 aromatic heterocycles. The number of ether oxygens (including phenoxy) is 1. The molecule has 6 nitrogen and oxygen atoms in total. The molecule has 0 saturated carbocycles. The lowest BCUT2D eigenvalue weighted by Gasteiger charge is -2.12. The van der Waals surface area contributed by atoms with Crippen molar-refractivity contribution in [3.63, 3.8) is 0 Å². The second kappa shape index (κ2) is 11.1. The van der Waals surface area contributed by atoms with Crippen molar-refractivity contribution in [1.82, 2.24) is 10.6 Å². The number of hydrogen-bond donors (Lipinski definition) is 2. The molecule has 0 amide bonds. The van der Waals surface area contributed by atoms with E-state index < -0.39 is 9.84 Å². The zero-order chi connectivity index (χ0) is 22.1. The fourth-order valence-corrected chi connectivity index (χ4v) is 3.90. The maximum absolute atomic E-state index is 11.8. The molecule has 0 aliphatic heterocycles. The van der Waals surface area contributed by atoms with Gasteiger partial charge in [0.25, 0.3) is 0 Å². The summed E-state index contributed by atoms with van der Waals surface area (Å²) >= 11 is 0. The second-order valence-electron chi connectivity index (χ2n) is 7.60. The molecular weight excluding hydrogens is 398 g/mol. The zero-order valence-electron chi connectivity index (χ0n) is 18.5. The van der Waals surface area contributed by atoms with Crippen molar-refractivity contribution in [2.24, 2.45) is 4.99 Å². The molecule has 7 heteroatoms. The van der Waals surface area contributed by atoms with E-state index in [1.54, 1.807) is 6.07 Å². The van der Waals surface area contributed by atoms with Crippen LogP contribution in [0.25, 0.3) is 0 Å². The van der Waals surface area contributed by atoms with Crippen molar-refractivity contribution in [3.8, 4) is 0 Å². The van der Waals surface area contributed by atoms with Gasteiger partial charge in [0.1, 0.15) is 0 Å². The number of aliphatic imine (C=N–C) groups is 1. The molecule has 30 heavy (non-hydrogen) atoms. The Morgan fingerprint density at radius 1 is 1.03 bits per heavy atom. The highest BCUT2D eigenvalue weighted by Crippen LogP contribution is 2.17. The third-order valence-electron chi connectivity index (χ3n) is 4.47. The molecule has 0 saturated heterocycles. The van der Waals surface area contributed by atoms with Gasteiger partial charge in [-0.2, -0.15) is 0 Å². The SMILES string of the molecule is CCNC(=NCc1ccc(S(C)(=O)=O)c(C)c1)NCc1ccc(COC(C)C)cc1. The van der Waals surface area contributed by atoms with Crippen molar-refractivity contribution in [3.05, 3.63) is 64.7 Å². The quantitative estimate of drug-likeness (QED) is 0.469. The van der Waals surface area contributed by atoms with Gasteiger partial charge in [0, 0.05) is 19.3 Å². The number of nitrogens with one attached hydrogen (secondary N) is 2. The first-order valence-corrected chi connectivity index (χ1v) is 12.1. The first-order valence-electron chi connectivity index (χ1n) is 10.2. The van der Waals surface area contributed by atoms with Gasteiger partial charge in [-0.25, -0.2) is 13.4 Å². The fraction of sp³-hybridized carbons (Fsp3) is 0.435. The van der Waals surface area contributed by atoms with Crippen LogP contribution in [0.1, 0.15) is 43.0 Å². The Balaban J connectivity index is 1.98. The molecule has 0 atom stereocenters. The summed E-state index contributed by atoms with van der Waals surface area (Å²) in [6.45, 7) is 10.4. The maximum atomic E-state index is 11.8.